The van der Waals surface area contributed by atoms with Crippen LogP contribution in [0, 0.1) is 13.8 Å². The number of rotatable bonds is 5. The van der Waals surface area contributed by atoms with Crippen molar-refractivity contribution in [2.75, 3.05) is 13.7 Å². The lowest BCUT2D eigenvalue weighted by Crippen LogP contribution is -2.23. The van der Waals surface area contributed by atoms with E-state index in [1.54, 1.807) is 13.3 Å². The molecule has 0 spiro atoms. The number of benzene rings is 1. The molecule has 0 aliphatic carbocycles. The molecular weight excluding hydrogens is 248 g/mol. The van der Waals surface area contributed by atoms with Crippen molar-refractivity contribution >= 4 is 0 Å². The van der Waals surface area contributed by atoms with Crippen molar-refractivity contribution in [1.82, 2.24) is 10.3 Å². The van der Waals surface area contributed by atoms with Crippen molar-refractivity contribution in [3.8, 4) is 5.75 Å². The molecule has 0 saturated carbocycles. The lowest BCUT2D eigenvalue weighted by atomic mass is 9.95. The van der Waals surface area contributed by atoms with Gasteiger partial charge in [-0.15, -0.1) is 0 Å². The van der Waals surface area contributed by atoms with E-state index in [-0.39, 0.29) is 6.04 Å². The Kier molecular flexibility index (Phi) is 4.74. The van der Waals surface area contributed by atoms with Crippen molar-refractivity contribution in [3.05, 3.63) is 58.9 Å². The van der Waals surface area contributed by atoms with Crippen LogP contribution in [0.15, 0.2) is 36.7 Å². The molecule has 0 aliphatic rings. The normalized spacial score (nSPS) is 12.2. The topological polar surface area (TPSA) is 34.2 Å². The van der Waals surface area contributed by atoms with Gasteiger partial charge in [0.2, 0.25) is 0 Å². The molecule has 1 N–H and O–H groups in total. The van der Waals surface area contributed by atoms with Crippen LogP contribution >= 0.6 is 0 Å². The maximum absolute atomic E-state index is 5.65. The van der Waals surface area contributed by atoms with Crippen LogP contribution in [-0.4, -0.2) is 18.6 Å². The molecule has 2 aromatic rings. The zero-order valence-electron chi connectivity index (χ0n) is 12.6. The summed E-state index contributed by atoms with van der Waals surface area (Å²) < 4.78 is 5.65. The molecule has 0 amide bonds. The molecule has 0 saturated heterocycles. The van der Waals surface area contributed by atoms with Gasteiger partial charge in [0.1, 0.15) is 5.75 Å². The van der Waals surface area contributed by atoms with Crippen molar-refractivity contribution in [2.45, 2.75) is 26.8 Å². The van der Waals surface area contributed by atoms with Gasteiger partial charge in [-0.25, -0.2) is 0 Å². The average Bonchev–Trinajstić information content (AvgIpc) is 2.48. The van der Waals surface area contributed by atoms with Crippen LogP contribution in [0.4, 0.5) is 0 Å². The highest BCUT2D eigenvalue weighted by atomic mass is 16.5. The third-order valence-electron chi connectivity index (χ3n) is 3.65. The van der Waals surface area contributed by atoms with Crippen LogP contribution in [0.1, 0.15) is 35.2 Å². The van der Waals surface area contributed by atoms with Crippen LogP contribution in [0.5, 0.6) is 5.75 Å². The Morgan fingerprint density at radius 3 is 2.65 bits per heavy atom. The molecule has 0 bridgehead atoms. The molecule has 0 radical (unpaired) electrons. The number of hydrogen-bond acceptors (Lipinski definition) is 3. The number of hydrogen-bond donors (Lipinski definition) is 1. The Bertz CT molecular complexity index is 567. The summed E-state index contributed by atoms with van der Waals surface area (Å²) in [5, 5.41) is 3.52. The molecule has 20 heavy (non-hydrogen) atoms. The summed E-state index contributed by atoms with van der Waals surface area (Å²) in [5.41, 5.74) is 4.74. The van der Waals surface area contributed by atoms with E-state index < -0.39 is 0 Å². The summed E-state index contributed by atoms with van der Waals surface area (Å²) in [5.74, 6) is 0.958. The monoisotopic (exact) mass is 270 g/mol. The van der Waals surface area contributed by atoms with E-state index in [1.807, 2.05) is 12.3 Å². The van der Waals surface area contributed by atoms with Crippen molar-refractivity contribution in [1.29, 1.82) is 0 Å². The zero-order chi connectivity index (χ0) is 14.5. The first-order chi connectivity index (χ1) is 9.69. The summed E-state index contributed by atoms with van der Waals surface area (Å²) in [6, 6.07) is 8.44. The molecule has 1 aromatic carbocycles. The fraction of sp³-hybridized carbons (Fsp3) is 0.353. The Morgan fingerprint density at radius 1 is 1.25 bits per heavy atom. The lowest BCUT2D eigenvalue weighted by Gasteiger charge is -2.23. The molecular formula is C17H22N2O. The number of aromatic nitrogens is 1. The highest BCUT2D eigenvalue weighted by molar-refractivity contribution is 5.49. The number of nitrogens with one attached hydrogen (secondary N) is 1. The zero-order valence-corrected chi connectivity index (χ0v) is 12.6. The van der Waals surface area contributed by atoms with Gasteiger partial charge < -0.3 is 10.1 Å². The first-order valence-electron chi connectivity index (χ1n) is 6.96. The highest BCUT2D eigenvalue weighted by Crippen LogP contribution is 2.33. The second kappa shape index (κ2) is 6.53. The van der Waals surface area contributed by atoms with Crippen LogP contribution < -0.4 is 10.1 Å². The SMILES string of the molecule is CCNC(c1cccnc1)c1ccc(C)c(C)c1OC. The summed E-state index contributed by atoms with van der Waals surface area (Å²) in [6.45, 7) is 7.20. The van der Waals surface area contributed by atoms with Gasteiger partial charge in [-0.3, -0.25) is 4.98 Å². The minimum atomic E-state index is 0.1000. The number of pyridine rings is 1. The molecule has 1 heterocycles. The average molecular weight is 270 g/mol. The maximum Gasteiger partial charge on any atom is 0.127 e. The summed E-state index contributed by atoms with van der Waals surface area (Å²) in [4.78, 5) is 4.23. The summed E-state index contributed by atoms with van der Waals surface area (Å²) >= 11 is 0. The van der Waals surface area contributed by atoms with Gasteiger partial charge in [0, 0.05) is 18.0 Å². The Morgan fingerprint density at radius 2 is 2.05 bits per heavy atom. The second-order valence-electron chi connectivity index (χ2n) is 4.91. The minimum Gasteiger partial charge on any atom is -0.496 e. The molecule has 3 nitrogen and oxygen atoms in total. The van der Waals surface area contributed by atoms with Crippen molar-refractivity contribution < 1.29 is 4.74 Å². The van der Waals surface area contributed by atoms with E-state index in [0.29, 0.717) is 0 Å². The molecule has 1 aromatic heterocycles. The Labute approximate surface area is 121 Å². The predicted octanol–water partition coefficient (Wildman–Crippen LogP) is 3.41. The van der Waals surface area contributed by atoms with E-state index >= 15 is 0 Å². The van der Waals surface area contributed by atoms with Gasteiger partial charge in [-0.2, -0.15) is 0 Å². The minimum absolute atomic E-state index is 0.1000. The molecule has 1 atom stereocenters. The number of aryl methyl sites for hydroxylation is 1. The molecule has 106 valence electrons. The van der Waals surface area contributed by atoms with Crippen LogP contribution in [-0.2, 0) is 0 Å². The van der Waals surface area contributed by atoms with Gasteiger partial charge in [-0.1, -0.05) is 25.1 Å². The van der Waals surface area contributed by atoms with Crippen molar-refractivity contribution in [3.63, 3.8) is 0 Å². The molecule has 1 unspecified atom stereocenters. The van der Waals surface area contributed by atoms with Crippen LogP contribution in [0.3, 0.4) is 0 Å². The first-order valence-corrected chi connectivity index (χ1v) is 6.96. The smallest absolute Gasteiger partial charge is 0.127 e. The lowest BCUT2D eigenvalue weighted by molar-refractivity contribution is 0.401. The van der Waals surface area contributed by atoms with Gasteiger partial charge in [0.05, 0.1) is 13.2 Å². The Hall–Kier alpha value is -1.87. The van der Waals surface area contributed by atoms with Crippen molar-refractivity contribution in [2.24, 2.45) is 0 Å². The van der Waals surface area contributed by atoms with E-state index in [1.165, 1.54) is 11.1 Å². The number of nitrogens with zero attached hydrogens (tertiary/aromatic N) is 1. The summed E-state index contributed by atoms with van der Waals surface area (Å²) in [6.07, 6.45) is 3.70. The fourth-order valence-corrected chi connectivity index (χ4v) is 2.47. The molecule has 0 aliphatic heterocycles. The quantitative estimate of drug-likeness (QED) is 0.904. The third kappa shape index (κ3) is 2.83. The van der Waals surface area contributed by atoms with E-state index in [2.05, 4.69) is 49.3 Å². The standard InChI is InChI=1S/C17H22N2O/c1-5-19-16(14-7-6-10-18-11-14)15-9-8-12(2)13(3)17(15)20-4/h6-11,16,19H,5H2,1-4H3. The summed E-state index contributed by atoms with van der Waals surface area (Å²) in [7, 11) is 1.73. The second-order valence-corrected chi connectivity index (χ2v) is 4.91. The number of methoxy groups -OCH3 is 1. The number of ether oxygens (including phenoxy) is 1. The van der Waals surface area contributed by atoms with Crippen LogP contribution in [0.25, 0.3) is 0 Å². The first kappa shape index (κ1) is 14.5. The highest BCUT2D eigenvalue weighted by Gasteiger charge is 2.19. The van der Waals surface area contributed by atoms with E-state index in [9.17, 15) is 0 Å². The van der Waals surface area contributed by atoms with Gasteiger partial charge >= 0.3 is 0 Å². The van der Waals surface area contributed by atoms with Gasteiger partial charge in [-0.05, 0) is 43.1 Å². The molecule has 2 rings (SSSR count). The maximum atomic E-state index is 5.65. The molecule has 3 heteroatoms. The van der Waals surface area contributed by atoms with Gasteiger partial charge in [0.25, 0.3) is 0 Å². The third-order valence-corrected chi connectivity index (χ3v) is 3.65. The predicted molar refractivity (Wildman–Crippen MR) is 82.2 cm³/mol. The fourth-order valence-electron chi connectivity index (χ4n) is 2.47. The van der Waals surface area contributed by atoms with E-state index in [4.69, 9.17) is 4.74 Å². The van der Waals surface area contributed by atoms with Crippen LogP contribution in [0.2, 0.25) is 0 Å². The van der Waals surface area contributed by atoms with E-state index in [0.717, 1.165) is 23.4 Å². The van der Waals surface area contributed by atoms with Gasteiger partial charge in [0.15, 0.2) is 0 Å². The largest absolute Gasteiger partial charge is 0.496 e. The Balaban J connectivity index is 2.53. The molecule has 0 fully saturated rings.